The van der Waals surface area contributed by atoms with Gasteiger partial charge in [0, 0.05) is 0 Å². The summed E-state index contributed by atoms with van der Waals surface area (Å²) in [6.07, 6.45) is 6.60. The van der Waals surface area contributed by atoms with Crippen LogP contribution in [0.3, 0.4) is 0 Å². The molecule has 0 fully saturated rings. The average Bonchev–Trinajstić information content (AvgIpc) is 1.69. The molecule has 1 unspecified atom stereocenters. The van der Waals surface area contributed by atoms with Gasteiger partial charge in [0.05, 0.1) is 0 Å². The van der Waals surface area contributed by atoms with Crippen LogP contribution >= 0.6 is 0 Å². The third-order valence-electron chi connectivity index (χ3n) is 0.995. The second kappa shape index (κ2) is 2.39. The zero-order valence-electron chi connectivity index (χ0n) is 4.05. The van der Waals surface area contributed by atoms with Crippen molar-refractivity contribution < 1.29 is 0 Å². The second-order valence-electron chi connectivity index (χ2n) is 1.64. The molecule has 1 aliphatic heterocycles. The van der Waals surface area contributed by atoms with E-state index in [0.29, 0.717) is 4.94 Å². The summed E-state index contributed by atoms with van der Waals surface area (Å²) < 4.78 is 0. The summed E-state index contributed by atoms with van der Waals surface area (Å²) in [5.74, 6) is 0. The normalized spacial score (nSPS) is 29.6. The molecule has 7 heavy (non-hydrogen) atoms. The van der Waals surface area contributed by atoms with Crippen molar-refractivity contribution in [3.63, 3.8) is 0 Å². The van der Waals surface area contributed by atoms with Gasteiger partial charge in [-0.05, 0) is 0 Å². The van der Waals surface area contributed by atoms with E-state index in [1.165, 1.54) is 12.8 Å². The molecule has 1 nitrogen and oxygen atoms in total. The first-order valence-corrected chi connectivity index (χ1v) is 3.45. The summed E-state index contributed by atoms with van der Waals surface area (Å²) >= 11 is 3.02. The standard InChI is InChI=1S/C5H9NSe/c7-5-3-1-2-4-6-5/h2,4-7H,1,3H2/p-1. The van der Waals surface area contributed by atoms with E-state index in [1.54, 1.807) is 0 Å². The van der Waals surface area contributed by atoms with Crippen LogP contribution in [0.15, 0.2) is 12.3 Å². The molecule has 0 aliphatic carbocycles. The van der Waals surface area contributed by atoms with Crippen LogP contribution in [-0.4, -0.2) is 21.0 Å². The van der Waals surface area contributed by atoms with Crippen LogP contribution in [-0.2, 0) is 0 Å². The fraction of sp³-hybridized carbons (Fsp3) is 0.600. The van der Waals surface area contributed by atoms with Gasteiger partial charge in [-0.2, -0.15) is 0 Å². The first-order valence-electron chi connectivity index (χ1n) is 2.46. The minimum atomic E-state index is 0.574. The Hall–Kier alpha value is 0.0595. The maximum atomic E-state index is 3.15. The molecule has 0 bridgehead atoms. The van der Waals surface area contributed by atoms with Gasteiger partial charge in [-0.1, -0.05) is 0 Å². The summed E-state index contributed by atoms with van der Waals surface area (Å²) in [6.45, 7) is 0. The molecule has 0 aromatic carbocycles. The van der Waals surface area contributed by atoms with Crippen molar-refractivity contribution in [3.8, 4) is 0 Å². The Kier molecular flexibility index (Phi) is 1.77. The number of rotatable bonds is 0. The summed E-state index contributed by atoms with van der Waals surface area (Å²) in [6, 6.07) is 0. The van der Waals surface area contributed by atoms with Crippen molar-refractivity contribution >= 4 is 16.0 Å². The second-order valence-corrected chi connectivity index (χ2v) is 2.83. The Morgan fingerprint density at radius 3 is 2.86 bits per heavy atom. The number of hydrogen-bond donors (Lipinski definition) is 1. The van der Waals surface area contributed by atoms with E-state index in [2.05, 4.69) is 27.4 Å². The molecule has 1 aliphatic rings. The molecule has 0 aromatic heterocycles. The van der Waals surface area contributed by atoms with Crippen LogP contribution in [0.1, 0.15) is 12.8 Å². The van der Waals surface area contributed by atoms with Crippen LogP contribution in [0.5, 0.6) is 0 Å². The summed E-state index contributed by atoms with van der Waals surface area (Å²) in [4.78, 5) is 0.574. The van der Waals surface area contributed by atoms with Gasteiger partial charge in [0.15, 0.2) is 0 Å². The molecule has 0 spiro atoms. The Morgan fingerprint density at radius 2 is 2.57 bits per heavy atom. The summed E-state index contributed by atoms with van der Waals surface area (Å²) in [5.41, 5.74) is 0. The molecule has 1 atom stereocenters. The quantitative estimate of drug-likeness (QED) is 0.506. The van der Waals surface area contributed by atoms with E-state index in [-0.39, 0.29) is 0 Å². The molecule has 0 radical (unpaired) electrons. The van der Waals surface area contributed by atoms with Gasteiger partial charge in [0.1, 0.15) is 0 Å². The molecule has 0 saturated carbocycles. The summed E-state index contributed by atoms with van der Waals surface area (Å²) in [5, 5.41) is 3.15. The minimum absolute atomic E-state index is 0.574. The van der Waals surface area contributed by atoms with Gasteiger partial charge in [0.2, 0.25) is 0 Å². The van der Waals surface area contributed by atoms with Crippen LogP contribution < -0.4 is 5.32 Å². The van der Waals surface area contributed by atoms with Crippen LogP contribution in [0.2, 0.25) is 0 Å². The zero-order valence-corrected chi connectivity index (χ0v) is 5.77. The third-order valence-corrected chi connectivity index (χ3v) is 1.78. The molecule has 1 heterocycles. The Bertz CT molecular complexity index is 80.1. The van der Waals surface area contributed by atoms with E-state index in [4.69, 9.17) is 0 Å². The third kappa shape index (κ3) is 1.54. The Balaban J connectivity index is 2.32. The number of hydrogen-bond acceptors (Lipinski definition) is 1. The molecule has 2 heteroatoms. The van der Waals surface area contributed by atoms with Crippen molar-refractivity contribution in [1.29, 1.82) is 0 Å². The molecule has 0 saturated heterocycles. The molecular formula is C5H8NSe-. The average molecular weight is 161 g/mol. The molecule has 40 valence electrons. The van der Waals surface area contributed by atoms with Gasteiger partial charge < -0.3 is 0 Å². The van der Waals surface area contributed by atoms with E-state index < -0.39 is 0 Å². The van der Waals surface area contributed by atoms with Gasteiger partial charge in [0.25, 0.3) is 0 Å². The van der Waals surface area contributed by atoms with Crippen molar-refractivity contribution in [1.82, 2.24) is 5.32 Å². The Labute approximate surface area is 52.0 Å². The van der Waals surface area contributed by atoms with E-state index in [9.17, 15) is 0 Å². The first-order chi connectivity index (χ1) is 3.39. The van der Waals surface area contributed by atoms with Crippen LogP contribution in [0.4, 0.5) is 0 Å². The van der Waals surface area contributed by atoms with Crippen molar-refractivity contribution in [2.75, 3.05) is 0 Å². The van der Waals surface area contributed by atoms with E-state index in [1.807, 2.05) is 6.20 Å². The Morgan fingerprint density at radius 1 is 1.71 bits per heavy atom. The monoisotopic (exact) mass is 162 g/mol. The maximum absolute atomic E-state index is 3.15. The van der Waals surface area contributed by atoms with Crippen LogP contribution in [0.25, 0.3) is 0 Å². The van der Waals surface area contributed by atoms with Crippen LogP contribution in [0, 0.1) is 0 Å². The molecule has 0 amide bonds. The summed E-state index contributed by atoms with van der Waals surface area (Å²) in [7, 11) is 0. The fourth-order valence-electron chi connectivity index (χ4n) is 0.590. The number of allylic oxidation sites excluding steroid dienone is 1. The van der Waals surface area contributed by atoms with Crippen molar-refractivity contribution in [2.45, 2.75) is 17.8 Å². The molecule has 1 N–H and O–H groups in total. The predicted octanol–water partition coefficient (Wildman–Crippen LogP) is 0.378. The molecular weight excluding hydrogens is 153 g/mol. The van der Waals surface area contributed by atoms with Gasteiger partial charge in [-0.25, -0.2) is 0 Å². The van der Waals surface area contributed by atoms with Gasteiger partial charge >= 0.3 is 51.4 Å². The van der Waals surface area contributed by atoms with E-state index in [0.717, 1.165) is 0 Å². The molecule has 0 aromatic rings. The fourth-order valence-corrected chi connectivity index (χ4v) is 1.04. The van der Waals surface area contributed by atoms with E-state index >= 15 is 0 Å². The predicted molar refractivity (Wildman–Crippen MR) is 31.1 cm³/mol. The molecule has 1 rings (SSSR count). The van der Waals surface area contributed by atoms with Gasteiger partial charge in [-0.15, -0.1) is 0 Å². The van der Waals surface area contributed by atoms with Crippen molar-refractivity contribution in [2.24, 2.45) is 0 Å². The SMILES string of the molecule is [Se-]C1CCC=CN1. The van der Waals surface area contributed by atoms with Gasteiger partial charge in [-0.3, -0.25) is 0 Å². The van der Waals surface area contributed by atoms with Crippen molar-refractivity contribution in [3.05, 3.63) is 12.3 Å². The number of nitrogens with one attached hydrogen (secondary N) is 1. The topological polar surface area (TPSA) is 12.0 Å². The zero-order chi connectivity index (χ0) is 5.11. The first kappa shape index (κ1) is 5.20.